The number of fused-ring (bicyclic) bond motifs is 1. The summed E-state index contributed by atoms with van der Waals surface area (Å²) in [7, 11) is 1.75. The Hall–Kier alpha value is -1.22. The number of benzene rings is 1. The average Bonchev–Trinajstić information content (AvgIpc) is 2.39. The average molecular weight is 234 g/mol. The normalized spacial score (nSPS) is 18.7. The zero-order valence-electron chi connectivity index (χ0n) is 11.0. The van der Waals surface area contributed by atoms with E-state index in [1.165, 1.54) is 11.3 Å². The summed E-state index contributed by atoms with van der Waals surface area (Å²) in [5.41, 5.74) is 2.55. The second-order valence-electron chi connectivity index (χ2n) is 4.37. The van der Waals surface area contributed by atoms with E-state index < -0.39 is 0 Å². The predicted molar refractivity (Wildman–Crippen MR) is 71.8 cm³/mol. The lowest BCUT2D eigenvalue weighted by atomic mass is 9.95. The van der Waals surface area contributed by atoms with E-state index in [-0.39, 0.29) is 0 Å². The molecule has 0 fully saturated rings. The first-order valence-electron chi connectivity index (χ1n) is 6.46. The number of ether oxygens (including phenoxy) is 1. The van der Waals surface area contributed by atoms with Crippen LogP contribution in [0.2, 0.25) is 0 Å². The summed E-state index contributed by atoms with van der Waals surface area (Å²) in [5, 5.41) is 3.46. The minimum Gasteiger partial charge on any atom is -0.496 e. The second-order valence-corrected chi connectivity index (χ2v) is 4.37. The van der Waals surface area contributed by atoms with Crippen LogP contribution in [0.15, 0.2) is 18.2 Å². The van der Waals surface area contributed by atoms with Gasteiger partial charge in [0.15, 0.2) is 0 Å². The van der Waals surface area contributed by atoms with Crippen LogP contribution in [-0.2, 0) is 0 Å². The Balaban J connectivity index is 2.41. The first-order valence-corrected chi connectivity index (χ1v) is 6.46. The van der Waals surface area contributed by atoms with Gasteiger partial charge in [0.05, 0.1) is 7.11 Å². The van der Waals surface area contributed by atoms with Crippen LogP contribution in [0.3, 0.4) is 0 Å². The lowest BCUT2D eigenvalue weighted by Crippen LogP contribution is -2.33. The number of nitrogens with one attached hydrogen (secondary N) is 1. The fourth-order valence-electron chi connectivity index (χ4n) is 2.74. The van der Waals surface area contributed by atoms with Crippen molar-refractivity contribution < 1.29 is 4.74 Å². The monoisotopic (exact) mass is 234 g/mol. The molecule has 1 aliphatic heterocycles. The van der Waals surface area contributed by atoms with E-state index in [9.17, 15) is 0 Å². The molecule has 3 nitrogen and oxygen atoms in total. The summed E-state index contributed by atoms with van der Waals surface area (Å²) in [5.74, 6) is 1.01. The minimum absolute atomic E-state index is 0.484. The Labute approximate surface area is 104 Å². The van der Waals surface area contributed by atoms with Crippen LogP contribution in [0.1, 0.15) is 31.9 Å². The van der Waals surface area contributed by atoms with Crippen molar-refractivity contribution in [2.45, 2.75) is 26.3 Å². The summed E-state index contributed by atoms with van der Waals surface area (Å²) in [6.07, 6.45) is 1.15. The maximum atomic E-state index is 5.52. The highest BCUT2D eigenvalue weighted by molar-refractivity contribution is 5.60. The molecule has 3 heteroatoms. The van der Waals surface area contributed by atoms with Gasteiger partial charge in [-0.1, -0.05) is 19.9 Å². The SMILES string of the molecule is CCN(CC)C1CCNc2cccc(OC)c21. The van der Waals surface area contributed by atoms with Crippen LogP contribution in [0.5, 0.6) is 5.75 Å². The van der Waals surface area contributed by atoms with E-state index in [0.717, 1.165) is 31.8 Å². The highest BCUT2D eigenvalue weighted by atomic mass is 16.5. The Morgan fingerprint density at radius 3 is 2.76 bits per heavy atom. The second kappa shape index (κ2) is 5.41. The topological polar surface area (TPSA) is 24.5 Å². The first kappa shape index (κ1) is 12.2. The van der Waals surface area contributed by atoms with E-state index in [2.05, 4.69) is 42.3 Å². The van der Waals surface area contributed by atoms with Crippen molar-refractivity contribution in [3.63, 3.8) is 0 Å². The molecule has 1 aromatic rings. The summed E-state index contributed by atoms with van der Waals surface area (Å²) >= 11 is 0. The molecular weight excluding hydrogens is 212 g/mol. The summed E-state index contributed by atoms with van der Waals surface area (Å²) in [4.78, 5) is 2.50. The lowest BCUT2D eigenvalue weighted by molar-refractivity contribution is 0.204. The standard InChI is InChI=1S/C14H22N2O/c1-4-16(5-2)12-9-10-15-11-7-6-8-13(17-3)14(11)12/h6-8,12,15H,4-5,9-10H2,1-3H3. The molecule has 0 saturated heterocycles. The zero-order valence-corrected chi connectivity index (χ0v) is 11.0. The number of hydrogen-bond acceptors (Lipinski definition) is 3. The van der Waals surface area contributed by atoms with Crippen LogP contribution in [0.25, 0.3) is 0 Å². The van der Waals surface area contributed by atoms with Crippen LogP contribution in [-0.4, -0.2) is 31.6 Å². The summed E-state index contributed by atoms with van der Waals surface area (Å²) < 4.78 is 5.52. The number of anilines is 1. The molecule has 2 rings (SSSR count). The molecule has 1 aromatic carbocycles. The van der Waals surface area contributed by atoms with Gasteiger partial charge in [0.2, 0.25) is 0 Å². The van der Waals surface area contributed by atoms with Gasteiger partial charge in [-0.2, -0.15) is 0 Å². The Morgan fingerprint density at radius 2 is 2.12 bits per heavy atom. The van der Waals surface area contributed by atoms with Gasteiger partial charge in [0, 0.05) is 23.8 Å². The van der Waals surface area contributed by atoms with Crippen molar-refractivity contribution >= 4 is 5.69 Å². The molecule has 1 aliphatic rings. The number of rotatable bonds is 4. The van der Waals surface area contributed by atoms with Gasteiger partial charge in [-0.3, -0.25) is 4.90 Å². The number of hydrogen-bond donors (Lipinski definition) is 1. The Bertz CT molecular complexity index is 360. The fourth-order valence-corrected chi connectivity index (χ4v) is 2.74. The van der Waals surface area contributed by atoms with Crippen molar-refractivity contribution in [2.75, 3.05) is 32.1 Å². The Kier molecular flexibility index (Phi) is 3.89. The van der Waals surface area contributed by atoms with E-state index in [1.807, 2.05) is 0 Å². The largest absolute Gasteiger partial charge is 0.496 e. The van der Waals surface area contributed by atoms with E-state index in [0.29, 0.717) is 6.04 Å². The zero-order chi connectivity index (χ0) is 12.3. The molecule has 0 saturated carbocycles. The molecule has 0 spiro atoms. The van der Waals surface area contributed by atoms with Gasteiger partial charge in [0.1, 0.15) is 5.75 Å². The highest BCUT2D eigenvalue weighted by Crippen LogP contribution is 2.39. The van der Waals surface area contributed by atoms with Gasteiger partial charge in [-0.15, -0.1) is 0 Å². The molecule has 0 bridgehead atoms. The molecule has 0 aromatic heterocycles. The van der Waals surface area contributed by atoms with Crippen molar-refractivity contribution in [2.24, 2.45) is 0 Å². The highest BCUT2D eigenvalue weighted by Gasteiger charge is 2.27. The smallest absolute Gasteiger partial charge is 0.125 e. The van der Waals surface area contributed by atoms with Crippen molar-refractivity contribution in [1.29, 1.82) is 0 Å². The molecule has 1 N–H and O–H groups in total. The summed E-state index contributed by atoms with van der Waals surface area (Å²) in [6, 6.07) is 6.74. The van der Waals surface area contributed by atoms with Crippen LogP contribution in [0.4, 0.5) is 5.69 Å². The maximum absolute atomic E-state index is 5.52. The molecule has 0 amide bonds. The Morgan fingerprint density at radius 1 is 1.35 bits per heavy atom. The lowest BCUT2D eigenvalue weighted by Gasteiger charge is -2.35. The van der Waals surface area contributed by atoms with Gasteiger partial charge in [-0.25, -0.2) is 0 Å². The van der Waals surface area contributed by atoms with Crippen molar-refractivity contribution in [1.82, 2.24) is 4.90 Å². The number of methoxy groups -OCH3 is 1. The van der Waals surface area contributed by atoms with Gasteiger partial charge in [0.25, 0.3) is 0 Å². The molecule has 1 unspecified atom stereocenters. The molecule has 94 valence electrons. The third-order valence-corrected chi connectivity index (χ3v) is 3.61. The van der Waals surface area contributed by atoms with Gasteiger partial charge >= 0.3 is 0 Å². The molecule has 1 heterocycles. The minimum atomic E-state index is 0.484. The van der Waals surface area contributed by atoms with E-state index in [1.54, 1.807) is 7.11 Å². The van der Waals surface area contributed by atoms with E-state index in [4.69, 9.17) is 4.74 Å². The molecule has 0 radical (unpaired) electrons. The van der Waals surface area contributed by atoms with Crippen molar-refractivity contribution in [3.05, 3.63) is 23.8 Å². The van der Waals surface area contributed by atoms with Crippen LogP contribution in [0, 0.1) is 0 Å². The van der Waals surface area contributed by atoms with E-state index >= 15 is 0 Å². The molecular formula is C14H22N2O. The number of nitrogens with zero attached hydrogens (tertiary/aromatic N) is 1. The van der Waals surface area contributed by atoms with Crippen molar-refractivity contribution in [3.8, 4) is 5.75 Å². The van der Waals surface area contributed by atoms with Crippen LogP contribution < -0.4 is 10.1 Å². The molecule has 17 heavy (non-hydrogen) atoms. The molecule has 1 atom stereocenters. The van der Waals surface area contributed by atoms with Crippen LogP contribution >= 0.6 is 0 Å². The third kappa shape index (κ3) is 2.25. The van der Waals surface area contributed by atoms with Gasteiger partial charge < -0.3 is 10.1 Å². The first-order chi connectivity index (χ1) is 8.31. The third-order valence-electron chi connectivity index (χ3n) is 3.61. The predicted octanol–water partition coefficient (Wildman–Crippen LogP) is 2.89. The summed E-state index contributed by atoms with van der Waals surface area (Å²) in [6.45, 7) is 7.65. The quantitative estimate of drug-likeness (QED) is 0.867. The fraction of sp³-hybridized carbons (Fsp3) is 0.571. The molecule has 0 aliphatic carbocycles. The maximum Gasteiger partial charge on any atom is 0.125 e. The van der Waals surface area contributed by atoms with Gasteiger partial charge in [-0.05, 0) is 31.6 Å².